The molecule has 1 aromatic carbocycles. The summed E-state index contributed by atoms with van der Waals surface area (Å²) in [6.45, 7) is 5.02. The first-order valence-corrected chi connectivity index (χ1v) is 6.91. The summed E-state index contributed by atoms with van der Waals surface area (Å²) >= 11 is 0. The van der Waals surface area contributed by atoms with E-state index in [2.05, 4.69) is 4.72 Å². The molecule has 0 heterocycles. The fraction of sp³-hybridized carbons (Fsp3) is 0.455. The summed E-state index contributed by atoms with van der Waals surface area (Å²) in [7, 11) is -2.59. The molecule has 0 unspecified atom stereocenters. The second-order valence-corrected chi connectivity index (χ2v) is 6.60. The molecule has 1 rings (SSSR count). The van der Waals surface area contributed by atoms with E-state index in [0.29, 0.717) is 0 Å². The Labute approximate surface area is 111 Å². The quantitative estimate of drug-likeness (QED) is 0.671. The van der Waals surface area contributed by atoms with Crippen LogP contribution in [-0.4, -0.2) is 26.0 Å². The van der Waals surface area contributed by atoms with E-state index in [1.165, 1.54) is 19.2 Å². The number of nitro benzene ring substituents is 1. The molecule has 0 saturated heterocycles. The summed E-state index contributed by atoms with van der Waals surface area (Å²) in [5, 5.41) is 10.7. The number of nitro groups is 1. The molecule has 19 heavy (non-hydrogen) atoms. The number of hydrogen-bond acceptors (Lipinski definition) is 5. The molecule has 0 amide bonds. The van der Waals surface area contributed by atoms with Gasteiger partial charge in [-0.15, -0.1) is 0 Å². The van der Waals surface area contributed by atoms with Crippen molar-refractivity contribution in [3.63, 3.8) is 0 Å². The van der Waals surface area contributed by atoms with Crippen LogP contribution in [0.1, 0.15) is 20.8 Å². The highest BCUT2D eigenvalue weighted by Crippen LogP contribution is 2.28. The Bertz CT molecular complexity index is 590. The van der Waals surface area contributed by atoms with Crippen LogP contribution in [0, 0.1) is 10.1 Å². The SMILES string of the molecule is COc1ccc([N+](=O)[O-])cc1S(=O)(=O)NC(C)(C)C. The monoisotopic (exact) mass is 288 g/mol. The Balaban J connectivity index is 3.39. The summed E-state index contributed by atoms with van der Waals surface area (Å²) in [5.41, 5.74) is -1.01. The van der Waals surface area contributed by atoms with Gasteiger partial charge in [0.15, 0.2) is 0 Å². The molecule has 0 aromatic heterocycles. The van der Waals surface area contributed by atoms with Crippen LogP contribution in [0.25, 0.3) is 0 Å². The molecule has 0 fully saturated rings. The van der Waals surface area contributed by atoms with Crippen LogP contribution in [-0.2, 0) is 10.0 Å². The average molecular weight is 288 g/mol. The zero-order valence-electron chi connectivity index (χ0n) is 11.1. The molecule has 7 nitrogen and oxygen atoms in total. The summed E-state index contributed by atoms with van der Waals surface area (Å²) in [4.78, 5) is 9.81. The lowest BCUT2D eigenvalue weighted by Gasteiger charge is -2.21. The Morgan fingerprint density at radius 2 is 1.89 bits per heavy atom. The summed E-state index contributed by atoms with van der Waals surface area (Å²) in [6.07, 6.45) is 0. The summed E-state index contributed by atoms with van der Waals surface area (Å²) < 4.78 is 31.7. The number of non-ortho nitro benzene ring substituents is 1. The maximum atomic E-state index is 12.2. The van der Waals surface area contributed by atoms with Crippen LogP contribution < -0.4 is 9.46 Å². The molecule has 0 aliphatic carbocycles. The van der Waals surface area contributed by atoms with E-state index < -0.39 is 20.5 Å². The number of nitrogens with one attached hydrogen (secondary N) is 1. The Kier molecular flexibility index (Phi) is 4.16. The van der Waals surface area contributed by atoms with Crippen LogP contribution in [0.5, 0.6) is 5.75 Å². The van der Waals surface area contributed by atoms with Crippen LogP contribution in [0.15, 0.2) is 23.1 Å². The van der Waals surface area contributed by atoms with Gasteiger partial charge >= 0.3 is 0 Å². The molecule has 8 heteroatoms. The largest absolute Gasteiger partial charge is 0.495 e. The molecule has 0 aliphatic heterocycles. The predicted octanol–water partition coefficient (Wildman–Crippen LogP) is 1.68. The minimum Gasteiger partial charge on any atom is -0.495 e. The number of ether oxygens (including phenoxy) is 1. The van der Waals surface area contributed by atoms with Crippen LogP contribution in [0.4, 0.5) is 5.69 Å². The molecule has 0 spiro atoms. The van der Waals surface area contributed by atoms with Crippen molar-refractivity contribution in [2.24, 2.45) is 0 Å². The van der Waals surface area contributed by atoms with E-state index >= 15 is 0 Å². The fourth-order valence-corrected chi connectivity index (χ4v) is 3.06. The number of sulfonamides is 1. The molecular weight excluding hydrogens is 272 g/mol. The van der Waals surface area contributed by atoms with Crippen molar-refractivity contribution in [2.75, 3.05) is 7.11 Å². The molecule has 0 saturated carbocycles. The van der Waals surface area contributed by atoms with Crippen molar-refractivity contribution in [3.8, 4) is 5.75 Å². The van der Waals surface area contributed by atoms with Crippen molar-refractivity contribution in [3.05, 3.63) is 28.3 Å². The highest BCUT2D eigenvalue weighted by Gasteiger charge is 2.27. The van der Waals surface area contributed by atoms with Gasteiger partial charge in [0.05, 0.1) is 12.0 Å². The Morgan fingerprint density at radius 3 is 2.32 bits per heavy atom. The zero-order chi connectivity index (χ0) is 14.8. The predicted molar refractivity (Wildman–Crippen MR) is 69.7 cm³/mol. The van der Waals surface area contributed by atoms with Gasteiger partial charge in [-0.2, -0.15) is 0 Å². The first kappa shape index (κ1) is 15.4. The standard InChI is InChI=1S/C11H16N2O5S/c1-11(2,3)12-19(16,17)10-7-8(13(14)15)5-6-9(10)18-4/h5-7,12H,1-4H3. The maximum Gasteiger partial charge on any atom is 0.271 e. The molecule has 1 N–H and O–H groups in total. The highest BCUT2D eigenvalue weighted by atomic mass is 32.2. The van der Waals surface area contributed by atoms with Crippen molar-refractivity contribution in [1.82, 2.24) is 4.72 Å². The van der Waals surface area contributed by atoms with Gasteiger partial charge < -0.3 is 4.74 Å². The fourth-order valence-electron chi connectivity index (χ4n) is 1.45. The molecule has 0 atom stereocenters. The van der Waals surface area contributed by atoms with Gasteiger partial charge in [0.1, 0.15) is 10.6 Å². The Morgan fingerprint density at radius 1 is 1.32 bits per heavy atom. The molecule has 1 aromatic rings. The van der Waals surface area contributed by atoms with Crippen molar-refractivity contribution >= 4 is 15.7 Å². The van der Waals surface area contributed by atoms with Crippen LogP contribution in [0.3, 0.4) is 0 Å². The number of nitrogens with zero attached hydrogens (tertiary/aromatic N) is 1. The minimum atomic E-state index is -3.90. The zero-order valence-corrected chi connectivity index (χ0v) is 11.9. The number of benzene rings is 1. The molecule has 0 bridgehead atoms. The van der Waals surface area contributed by atoms with E-state index in [1.54, 1.807) is 20.8 Å². The van der Waals surface area contributed by atoms with E-state index in [-0.39, 0.29) is 16.3 Å². The van der Waals surface area contributed by atoms with Gasteiger partial charge in [-0.05, 0) is 26.8 Å². The van der Waals surface area contributed by atoms with Gasteiger partial charge in [-0.25, -0.2) is 13.1 Å². The topological polar surface area (TPSA) is 98.5 Å². The lowest BCUT2D eigenvalue weighted by molar-refractivity contribution is -0.385. The molecular formula is C11H16N2O5S. The third kappa shape index (κ3) is 3.90. The second-order valence-electron chi connectivity index (χ2n) is 4.95. The molecule has 0 radical (unpaired) electrons. The highest BCUT2D eigenvalue weighted by molar-refractivity contribution is 7.89. The molecule has 0 aliphatic rings. The summed E-state index contributed by atoms with van der Waals surface area (Å²) in [5.74, 6) is 0.0577. The Hall–Kier alpha value is -1.67. The third-order valence-electron chi connectivity index (χ3n) is 2.09. The average Bonchev–Trinajstić information content (AvgIpc) is 2.24. The number of hydrogen-bond donors (Lipinski definition) is 1. The maximum absolute atomic E-state index is 12.2. The first-order chi connectivity index (χ1) is 8.57. The lowest BCUT2D eigenvalue weighted by atomic mass is 10.1. The summed E-state index contributed by atoms with van der Waals surface area (Å²) in [6, 6.07) is 3.43. The van der Waals surface area contributed by atoms with Gasteiger partial charge in [-0.1, -0.05) is 0 Å². The third-order valence-corrected chi connectivity index (χ3v) is 3.87. The lowest BCUT2D eigenvalue weighted by Crippen LogP contribution is -2.40. The van der Waals surface area contributed by atoms with Gasteiger partial charge in [0, 0.05) is 17.7 Å². The van der Waals surface area contributed by atoms with E-state index in [4.69, 9.17) is 4.74 Å². The second kappa shape index (κ2) is 5.14. The minimum absolute atomic E-state index is 0.0577. The van der Waals surface area contributed by atoms with Crippen molar-refractivity contribution < 1.29 is 18.1 Å². The van der Waals surface area contributed by atoms with E-state index in [0.717, 1.165) is 6.07 Å². The van der Waals surface area contributed by atoms with Crippen LogP contribution in [0.2, 0.25) is 0 Å². The smallest absolute Gasteiger partial charge is 0.271 e. The van der Waals surface area contributed by atoms with E-state index in [9.17, 15) is 18.5 Å². The number of rotatable bonds is 4. The molecule has 106 valence electrons. The van der Waals surface area contributed by atoms with Gasteiger partial charge in [-0.3, -0.25) is 10.1 Å². The van der Waals surface area contributed by atoms with Crippen molar-refractivity contribution in [1.29, 1.82) is 0 Å². The van der Waals surface area contributed by atoms with E-state index in [1.807, 2.05) is 0 Å². The van der Waals surface area contributed by atoms with Gasteiger partial charge in [0.25, 0.3) is 5.69 Å². The normalized spacial score (nSPS) is 12.2. The number of methoxy groups -OCH3 is 1. The first-order valence-electron chi connectivity index (χ1n) is 5.43. The van der Waals surface area contributed by atoms with Crippen molar-refractivity contribution in [2.45, 2.75) is 31.2 Å². The van der Waals surface area contributed by atoms with Crippen LogP contribution >= 0.6 is 0 Å². The van der Waals surface area contributed by atoms with Gasteiger partial charge in [0.2, 0.25) is 10.0 Å².